The normalized spacial score (nSPS) is 14.3. The fourth-order valence-corrected chi connectivity index (χ4v) is 3.30. The van der Waals surface area contributed by atoms with Crippen molar-refractivity contribution in [3.8, 4) is 0 Å². The van der Waals surface area contributed by atoms with E-state index in [1.807, 2.05) is 11.8 Å². The zero-order chi connectivity index (χ0) is 14.4. The van der Waals surface area contributed by atoms with Gasteiger partial charge in [0, 0.05) is 12.1 Å². The lowest BCUT2D eigenvalue weighted by molar-refractivity contribution is 0.472. The Morgan fingerprint density at radius 3 is 2.55 bits per heavy atom. The van der Waals surface area contributed by atoms with Gasteiger partial charge in [-0.05, 0) is 54.2 Å². The molecule has 0 aliphatic carbocycles. The maximum absolute atomic E-state index is 3.71. The van der Waals surface area contributed by atoms with Gasteiger partial charge in [0.15, 0.2) is 0 Å². The Balaban J connectivity index is 1.98. The van der Waals surface area contributed by atoms with Gasteiger partial charge in [-0.25, -0.2) is 0 Å². The number of rotatable bonds is 7. The van der Waals surface area contributed by atoms with Crippen molar-refractivity contribution in [3.05, 3.63) is 48.0 Å². The minimum atomic E-state index is 0.404. The summed E-state index contributed by atoms with van der Waals surface area (Å²) < 4.78 is 0. The van der Waals surface area contributed by atoms with E-state index in [2.05, 4.69) is 68.6 Å². The highest BCUT2D eigenvalue weighted by molar-refractivity contribution is 7.99. The van der Waals surface area contributed by atoms with Crippen molar-refractivity contribution in [1.29, 1.82) is 0 Å². The molecule has 0 radical (unpaired) electrons. The maximum atomic E-state index is 3.71. The molecule has 0 bridgehead atoms. The van der Waals surface area contributed by atoms with Crippen LogP contribution in [0.3, 0.4) is 0 Å². The van der Waals surface area contributed by atoms with Crippen LogP contribution in [0.2, 0.25) is 0 Å². The second-order valence-electron chi connectivity index (χ2n) is 5.38. The third kappa shape index (κ3) is 4.26. The lowest BCUT2D eigenvalue weighted by Crippen LogP contribution is -2.29. The van der Waals surface area contributed by atoms with Crippen molar-refractivity contribution >= 4 is 22.5 Å². The zero-order valence-electron chi connectivity index (χ0n) is 12.7. The Labute approximate surface area is 127 Å². The molecular weight excluding hydrogens is 262 g/mol. The first kappa shape index (κ1) is 15.4. The molecule has 0 aliphatic rings. The third-order valence-electron chi connectivity index (χ3n) is 3.71. The van der Waals surface area contributed by atoms with Gasteiger partial charge in [-0.1, -0.05) is 43.3 Å². The summed E-state index contributed by atoms with van der Waals surface area (Å²) >= 11 is 2.02. The molecule has 2 atom stereocenters. The number of fused-ring (bicyclic) bond motifs is 1. The summed E-state index contributed by atoms with van der Waals surface area (Å²) in [5.41, 5.74) is 1.37. The Hall–Kier alpha value is -0.990. The van der Waals surface area contributed by atoms with Crippen LogP contribution in [0.25, 0.3) is 10.8 Å². The molecule has 0 saturated heterocycles. The summed E-state index contributed by atoms with van der Waals surface area (Å²) in [6, 6.07) is 16.3. The summed E-state index contributed by atoms with van der Waals surface area (Å²) in [5, 5.41) is 6.35. The van der Waals surface area contributed by atoms with E-state index in [4.69, 9.17) is 0 Å². The summed E-state index contributed by atoms with van der Waals surface area (Å²) in [6.45, 7) is 6.77. The monoisotopic (exact) mass is 287 g/mol. The highest BCUT2D eigenvalue weighted by Gasteiger charge is 2.09. The summed E-state index contributed by atoms with van der Waals surface area (Å²) in [5.74, 6) is 2.46. The predicted molar refractivity (Wildman–Crippen MR) is 92.6 cm³/mol. The van der Waals surface area contributed by atoms with Crippen molar-refractivity contribution in [2.45, 2.75) is 39.3 Å². The topological polar surface area (TPSA) is 12.0 Å². The van der Waals surface area contributed by atoms with Crippen LogP contribution in [0.4, 0.5) is 0 Å². The Morgan fingerprint density at radius 2 is 1.80 bits per heavy atom. The first-order valence-corrected chi connectivity index (χ1v) is 8.68. The fourth-order valence-electron chi connectivity index (χ4n) is 2.49. The largest absolute Gasteiger partial charge is 0.308 e. The molecule has 0 amide bonds. The van der Waals surface area contributed by atoms with Gasteiger partial charge in [0.05, 0.1) is 0 Å². The maximum Gasteiger partial charge on any atom is 0.0294 e. The molecule has 2 unspecified atom stereocenters. The van der Waals surface area contributed by atoms with Gasteiger partial charge in [-0.3, -0.25) is 0 Å². The smallest absolute Gasteiger partial charge is 0.0294 e. The van der Waals surface area contributed by atoms with E-state index in [0.29, 0.717) is 12.1 Å². The van der Waals surface area contributed by atoms with Crippen LogP contribution >= 0.6 is 11.8 Å². The summed E-state index contributed by atoms with van der Waals surface area (Å²) in [4.78, 5) is 0. The van der Waals surface area contributed by atoms with Gasteiger partial charge in [-0.2, -0.15) is 11.8 Å². The number of nitrogens with one attached hydrogen (secondary N) is 1. The standard InChI is InChI=1S/C18H25NS/c1-4-20-12-11-14(2)19-15(3)17-10-9-16-7-5-6-8-18(16)13-17/h5-10,13-15,19H,4,11-12H2,1-3H3. The molecule has 20 heavy (non-hydrogen) atoms. The van der Waals surface area contributed by atoms with Crippen LogP contribution in [-0.4, -0.2) is 17.5 Å². The second-order valence-corrected chi connectivity index (χ2v) is 6.78. The molecule has 108 valence electrons. The molecule has 1 N–H and O–H groups in total. The van der Waals surface area contributed by atoms with Crippen LogP contribution in [0.15, 0.2) is 42.5 Å². The minimum Gasteiger partial charge on any atom is -0.308 e. The molecule has 2 heteroatoms. The first-order chi connectivity index (χ1) is 9.70. The highest BCUT2D eigenvalue weighted by atomic mass is 32.2. The Bertz CT molecular complexity index is 538. The van der Waals surface area contributed by atoms with Crippen LogP contribution in [0.5, 0.6) is 0 Å². The van der Waals surface area contributed by atoms with Gasteiger partial charge < -0.3 is 5.32 Å². The Morgan fingerprint density at radius 1 is 1.05 bits per heavy atom. The summed E-state index contributed by atoms with van der Waals surface area (Å²) in [6.07, 6.45) is 1.23. The van der Waals surface area contributed by atoms with Crippen LogP contribution in [-0.2, 0) is 0 Å². The van der Waals surface area contributed by atoms with E-state index in [9.17, 15) is 0 Å². The van der Waals surface area contributed by atoms with Crippen molar-refractivity contribution in [3.63, 3.8) is 0 Å². The van der Waals surface area contributed by atoms with Crippen LogP contribution in [0.1, 0.15) is 38.8 Å². The van der Waals surface area contributed by atoms with E-state index in [-0.39, 0.29) is 0 Å². The number of hydrogen-bond acceptors (Lipinski definition) is 2. The van der Waals surface area contributed by atoms with Crippen molar-refractivity contribution < 1.29 is 0 Å². The molecule has 0 heterocycles. The van der Waals surface area contributed by atoms with Crippen LogP contribution in [0, 0.1) is 0 Å². The lowest BCUT2D eigenvalue weighted by Gasteiger charge is -2.20. The van der Waals surface area contributed by atoms with E-state index in [0.717, 1.165) is 0 Å². The molecule has 0 fully saturated rings. The number of thioether (sulfide) groups is 1. The molecular formula is C18H25NS. The lowest BCUT2D eigenvalue weighted by atomic mass is 10.0. The van der Waals surface area contributed by atoms with Crippen molar-refractivity contribution in [2.24, 2.45) is 0 Å². The van der Waals surface area contributed by atoms with Crippen molar-refractivity contribution in [2.75, 3.05) is 11.5 Å². The van der Waals surface area contributed by atoms with Gasteiger partial charge in [0.1, 0.15) is 0 Å². The molecule has 0 aliphatic heterocycles. The molecule has 2 rings (SSSR count). The van der Waals surface area contributed by atoms with Gasteiger partial charge in [0.25, 0.3) is 0 Å². The van der Waals surface area contributed by atoms with Crippen molar-refractivity contribution in [1.82, 2.24) is 5.32 Å². The molecule has 0 saturated carbocycles. The van der Waals surface area contributed by atoms with E-state index in [1.165, 1.54) is 34.3 Å². The SMILES string of the molecule is CCSCCC(C)NC(C)c1ccc2ccccc2c1. The minimum absolute atomic E-state index is 0.404. The van der Waals surface area contributed by atoms with Gasteiger partial charge >= 0.3 is 0 Å². The quantitative estimate of drug-likeness (QED) is 0.717. The van der Waals surface area contributed by atoms with E-state index >= 15 is 0 Å². The first-order valence-electron chi connectivity index (χ1n) is 7.53. The average molecular weight is 287 g/mol. The fraction of sp³-hybridized carbons (Fsp3) is 0.444. The second kappa shape index (κ2) is 7.70. The van der Waals surface area contributed by atoms with E-state index < -0.39 is 0 Å². The molecule has 2 aromatic rings. The predicted octanol–water partition coefficient (Wildman–Crippen LogP) is 5.02. The molecule has 2 aromatic carbocycles. The average Bonchev–Trinajstić information content (AvgIpc) is 2.47. The zero-order valence-corrected chi connectivity index (χ0v) is 13.5. The van der Waals surface area contributed by atoms with E-state index in [1.54, 1.807) is 0 Å². The molecule has 0 spiro atoms. The molecule has 1 nitrogen and oxygen atoms in total. The van der Waals surface area contributed by atoms with Gasteiger partial charge in [-0.15, -0.1) is 0 Å². The number of benzene rings is 2. The van der Waals surface area contributed by atoms with Gasteiger partial charge in [0.2, 0.25) is 0 Å². The third-order valence-corrected chi connectivity index (χ3v) is 4.64. The number of hydrogen-bond donors (Lipinski definition) is 1. The summed E-state index contributed by atoms with van der Waals surface area (Å²) in [7, 11) is 0. The highest BCUT2D eigenvalue weighted by Crippen LogP contribution is 2.21. The molecule has 0 aromatic heterocycles. The van der Waals surface area contributed by atoms with Crippen LogP contribution < -0.4 is 5.32 Å². The Kier molecular flexibility index (Phi) is 5.93.